The zero-order chi connectivity index (χ0) is 15.4. The number of carbonyl (C=O) groups is 1. The van der Waals surface area contributed by atoms with Crippen LogP contribution in [0.3, 0.4) is 0 Å². The van der Waals surface area contributed by atoms with Crippen molar-refractivity contribution in [1.29, 1.82) is 0 Å². The monoisotopic (exact) mass is 292 g/mol. The van der Waals surface area contributed by atoms with Gasteiger partial charge in [-0.25, -0.2) is 4.79 Å². The number of nitro groups is 1. The van der Waals surface area contributed by atoms with Gasteiger partial charge in [-0.3, -0.25) is 10.1 Å². The molecule has 1 saturated heterocycles. The minimum Gasteiger partial charge on any atom is -0.464 e. The van der Waals surface area contributed by atoms with Crippen molar-refractivity contribution in [1.82, 2.24) is 0 Å². The van der Waals surface area contributed by atoms with Crippen molar-refractivity contribution in [2.75, 3.05) is 18.1 Å². The first-order valence-electron chi connectivity index (χ1n) is 7.23. The van der Waals surface area contributed by atoms with Crippen molar-refractivity contribution >= 4 is 17.3 Å². The molecule has 1 fully saturated rings. The molecular formula is C15H20N2O4. The SMILES string of the molecule is CCOC(=O)C1CCCCN1c1ccc([N+](=O)[O-])cc1C. The third-order valence-electron chi connectivity index (χ3n) is 3.76. The van der Waals surface area contributed by atoms with Gasteiger partial charge in [0.25, 0.3) is 5.69 Å². The summed E-state index contributed by atoms with van der Waals surface area (Å²) in [5.74, 6) is -0.213. The molecule has 0 aromatic heterocycles. The van der Waals surface area contributed by atoms with Crippen molar-refractivity contribution in [2.24, 2.45) is 0 Å². The molecule has 0 spiro atoms. The third kappa shape index (κ3) is 3.32. The van der Waals surface area contributed by atoms with E-state index in [4.69, 9.17) is 4.74 Å². The summed E-state index contributed by atoms with van der Waals surface area (Å²) in [5.41, 5.74) is 1.75. The molecule has 1 aromatic rings. The number of rotatable bonds is 4. The molecule has 1 heterocycles. The number of benzene rings is 1. The summed E-state index contributed by atoms with van der Waals surface area (Å²) in [4.78, 5) is 24.5. The average Bonchev–Trinajstić information content (AvgIpc) is 2.47. The van der Waals surface area contributed by atoms with Gasteiger partial charge in [0.2, 0.25) is 0 Å². The maximum absolute atomic E-state index is 12.1. The van der Waals surface area contributed by atoms with Gasteiger partial charge in [-0.15, -0.1) is 0 Å². The van der Waals surface area contributed by atoms with Gasteiger partial charge in [-0.1, -0.05) is 0 Å². The van der Waals surface area contributed by atoms with Crippen molar-refractivity contribution in [3.8, 4) is 0 Å². The number of non-ortho nitro benzene ring substituents is 1. The van der Waals surface area contributed by atoms with Crippen LogP contribution >= 0.6 is 0 Å². The van der Waals surface area contributed by atoms with Crippen LogP contribution in [-0.2, 0) is 9.53 Å². The molecule has 21 heavy (non-hydrogen) atoms. The van der Waals surface area contributed by atoms with Gasteiger partial charge in [-0.05, 0) is 44.7 Å². The zero-order valence-electron chi connectivity index (χ0n) is 12.4. The fourth-order valence-corrected chi connectivity index (χ4v) is 2.78. The molecule has 2 rings (SSSR count). The van der Waals surface area contributed by atoms with Crippen LogP contribution in [0.25, 0.3) is 0 Å². The predicted molar refractivity (Wildman–Crippen MR) is 79.5 cm³/mol. The molecule has 0 radical (unpaired) electrons. The lowest BCUT2D eigenvalue weighted by atomic mass is 10.00. The Hall–Kier alpha value is -2.11. The van der Waals surface area contributed by atoms with Crippen LogP contribution in [0.2, 0.25) is 0 Å². The Morgan fingerprint density at radius 1 is 1.48 bits per heavy atom. The van der Waals surface area contributed by atoms with Crippen LogP contribution in [0.5, 0.6) is 0 Å². The van der Waals surface area contributed by atoms with Gasteiger partial charge in [0.15, 0.2) is 0 Å². The summed E-state index contributed by atoms with van der Waals surface area (Å²) < 4.78 is 5.15. The van der Waals surface area contributed by atoms with E-state index < -0.39 is 4.92 Å². The van der Waals surface area contributed by atoms with Crippen LogP contribution in [0.4, 0.5) is 11.4 Å². The van der Waals surface area contributed by atoms with Gasteiger partial charge >= 0.3 is 5.97 Å². The van der Waals surface area contributed by atoms with Crippen LogP contribution in [0, 0.1) is 17.0 Å². The summed E-state index contributed by atoms with van der Waals surface area (Å²) in [6, 6.07) is 4.47. The maximum atomic E-state index is 12.1. The molecule has 0 N–H and O–H groups in total. The number of nitro benzene ring substituents is 1. The average molecular weight is 292 g/mol. The highest BCUT2D eigenvalue weighted by Gasteiger charge is 2.31. The van der Waals surface area contributed by atoms with Crippen molar-refractivity contribution < 1.29 is 14.5 Å². The Bertz CT molecular complexity index is 544. The number of anilines is 1. The van der Waals surface area contributed by atoms with Crippen molar-refractivity contribution in [3.63, 3.8) is 0 Å². The second kappa shape index (κ2) is 6.56. The lowest BCUT2D eigenvalue weighted by Crippen LogP contribution is -2.46. The minimum absolute atomic E-state index is 0.0703. The van der Waals surface area contributed by atoms with Crippen molar-refractivity contribution in [2.45, 2.75) is 39.2 Å². The number of nitrogens with zero attached hydrogens (tertiary/aromatic N) is 2. The molecule has 1 aliphatic heterocycles. The second-order valence-corrected chi connectivity index (χ2v) is 5.18. The molecule has 0 amide bonds. The molecular weight excluding hydrogens is 272 g/mol. The highest BCUT2D eigenvalue weighted by molar-refractivity contribution is 5.81. The number of hydrogen-bond donors (Lipinski definition) is 0. The first-order chi connectivity index (χ1) is 10.0. The minimum atomic E-state index is -0.407. The summed E-state index contributed by atoms with van der Waals surface area (Å²) in [7, 11) is 0. The van der Waals surface area contributed by atoms with Gasteiger partial charge in [0.05, 0.1) is 11.5 Å². The number of aryl methyl sites for hydroxylation is 1. The highest BCUT2D eigenvalue weighted by Crippen LogP contribution is 2.30. The third-order valence-corrected chi connectivity index (χ3v) is 3.76. The van der Waals surface area contributed by atoms with E-state index >= 15 is 0 Å². The van der Waals surface area contributed by atoms with Crippen LogP contribution in [0.1, 0.15) is 31.7 Å². The zero-order valence-corrected chi connectivity index (χ0v) is 12.4. The van der Waals surface area contributed by atoms with E-state index in [0.29, 0.717) is 6.61 Å². The summed E-state index contributed by atoms with van der Waals surface area (Å²) in [5, 5.41) is 10.8. The van der Waals surface area contributed by atoms with Crippen LogP contribution in [-0.4, -0.2) is 30.1 Å². The Morgan fingerprint density at radius 2 is 2.24 bits per heavy atom. The van der Waals surface area contributed by atoms with E-state index in [1.165, 1.54) is 6.07 Å². The largest absolute Gasteiger partial charge is 0.464 e. The summed E-state index contributed by atoms with van der Waals surface area (Å²) >= 11 is 0. The molecule has 0 bridgehead atoms. The molecule has 1 aliphatic rings. The van der Waals surface area contributed by atoms with Crippen molar-refractivity contribution in [3.05, 3.63) is 33.9 Å². The Balaban J connectivity index is 2.29. The highest BCUT2D eigenvalue weighted by atomic mass is 16.6. The molecule has 0 aliphatic carbocycles. The van der Waals surface area contributed by atoms with E-state index in [9.17, 15) is 14.9 Å². The van der Waals surface area contributed by atoms with Gasteiger partial charge in [0.1, 0.15) is 6.04 Å². The molecule has 6 heteroatoms. The summed E-state index contributed by atoms with van der Waals surface area (Å²) in [6.45, 7) is 4.76. The Kier molecular flexibility index (Phi) is 4.77. The van der Waals surface area contributed by atoms with Gasteiger partial charge in [0, 0.05) is 24.4 Å². The number of ether oxygens (including phenoxy) is 1. The Morgan fingerprint density at radius 3 is 2.86 bits per heavy atom. The molecule has 1 unspecified atom stereocenters. The molecule has 1 atom stereocenters. The van der Waals surface area contributed by atoms with E-state index in [2.05, 4.69) is 0 Å². The maximum Gasteiger partial charge on any atom is 0.328 e. The van der Waals surface area contributed by atoms with Gasteiger partial charge < -0.3 is 9.64 Å². The number of carbonyl (C=O) groups excluding carboxylic acids is 1. The Labute approximate surface area is 123 Å². The summed E-state index contributed by atoms with van der Waals surface area (Å²) in [6.07, 6.45) is 2.76. The fourth-order valence-electron chi connectivity index (χ4n) is 2.78. The lowest BCUT2D eigenvalue weighted by molar-refractivity contribution is -0.384. The van der Waals surface area contributed by atoms with Crippen LogP contribution in [0.15, 0.2) is 18.2 Å². The number of esters is 1. The fraction of sp³-hybridized carbons (Fsp3) is 0.533. The van der Waals surface area contributed by atoms with E-state index in [1.54, 1.807) is 19.1 Å². The molecule has 0 saturated carbocycles. The molecule has 114 valence electrons. The molecule has 6 nitrogen and oxygen atoms in total. The quantitative estimate of drug-likeness (QED) is 0.484. The number of hydrogen-bond acceptors (Lipinski definition) is 5. The second-order valence-electron chi connectivity index (χ2n) is 5.18. The number of piperidine rings is 1. The smallest absolute Gasteiger partial charge is 0.328 e. The van der Waals surface area contributed by atoms with E-state index in [0.717, 1.165) is 37.1 Å². The first-order valence-corrected chi connectivity index (χ1v) is 7.23. The van der Waals surface area contributed by atoms with E-state index in [-0.39, 0.29) is 17.7 Å². The van der Waals surface area contributed by atoms with E-state index in [1.807, 2.05) is 11.8 Å². The first kappa shape index (κ1) is 15.3. The normalized spacial score (nSPS) is 18.4. The lowest BCUT2D eigenvalue weighted by Gasteiger charge is -2.36. The topological polar surface area (TPSA) is 72.7 Å². The predicted octanol–water partition coefficient (Wildman–Crippen LogP) is 2.83. The van der Waals surface area contributed by atoms with Gasteiger partial charge in [-0.2, -0.15) is 0 Å². The standard InChI is InChI=1S/C15H20N2O4/c1-3-21-15(18)14-6-4-5-9-16(14)13-8-7-12(17(19)20)10-11(13)2/h7-8,10,14H,3-6,9H2,1-2H3. The molecule has 1 aromatic carbocycles. The van der Waals surface area contributed by atoms with Crippen LogP contribution < -0.4 is 4.90 Å².